The summed E-state index contributed by atoms with van der Waals surface area (Å²) in [4.78, 5) is 11.1. The number of allylic oxidation sites excluding steroid dienone is 2. The fourth-order valence-corrected chi connectivity index (χ4v) is 5.99. The van der Waals surface area contributed by atoms with Gasteiger partial charge < -0.3 is 10.1 Å². The lowest BCUT2D eigenvalue weighted by Gasteiger charge is -2.37. The molecule has 5 rings (SSSR count). The van der Waals surface area contributed by atoms with E-state index in [1.54, 1.807) is 54.6 Å². The van der Waals surface area contributed by atoms with Crippen LogP contribution in [0.3, 0.4) is 0 Å². The quantitative estimate of drug-likeness (QED) is 0.252. The number of benzene rings is 3. The molecule has 3 aromatic carbocycles. The van der Waals surface area contributed by atoms with Gasteiger partial charge in [-0.2, -0.15) is 0 Å². The number of nitrogens with zero attached hydrogens (tertiary/aromatic N) is 1. The molecule has 1 aliphatic heterocycles. The number of non-ortho nitro benzene ring substituents is 1. The second-order valence-electron chi connectivity index (χ2n) is 8.64. The molecule has 0 fully saturated rings. The van der Waals surface area contributed by atoms with Gasteiger partial charge in [0, 0.05) is 29.4 Å². The van der Waals surface area contributed by atoms with Crippen LogP contribution < -0.4 is 14.8 Å². The molecule has 3 aromatic rings. The summed E-state index contributed by atoms with van der Waals surface area (Å²) >= 11 is 0. The van der Waals surface area contributed by atoms with Gasteiger partial charge in [0.1, 0.15) is 5.75 Å². The number of rotatable bonds is 7. The maximum Gasteiger partial charge on any atom is 0.269 e. The van der Waals surface area contributed by atoms with E-state index in [9.17, 15) is 18.5 Å². The van der Waals surface area contributed by atoms with Gasteiger partial charge in [-0.05, 0) is 72.9 Å². The largest absolute Gasteiger partial charge is 0.494 e. The Hall–Kier alpha value is -3.85. The molecule has 0 saturated carbocycles. The average Bonchev–Trinajstić information content (AvgIpc) is 3.35. The number of anilines is 2. The minimum atomic E-state index is -3.80. The summed E-state index contributed by atoms with van der Waals surface area (Å²) in [5.74, 6) is 0.810. The van der Waals surface area contributed by atoms with Crippen LogP contribution in [-0.2, 0) is 10.0 Å². The minimum absolute atomic E-state index is 0.0103. The molecular formula is C26H25N3O5S. The highest BCUT2D eigenvalue weighted by atomic mass is 32.2. The van der Waals surface area contributed by atoms with Crippen LogP contribution in [0.5, 0.6) is 5.75 Å². The SMILES string of the molecule is CCOc1ccc(NS(=O)(=O)c2ccc3c(c2)[C@@H]2C=CC[C@@H]2[C@@H](c2cccc([N+](=O)[O-])c2)N3)cc1. The molecule has 9 heteroatoms. The highest BCUT2D eigenvalue weighted by molar-refractivity contribution is 7.92. The normalized spacial score (nSPS) is 20.4. The van der Waals surface area contributed by atoms with Gasteiger partial charge in [0.2, 0.25) is 0 Å². The summed E-state index contributed by atoms with van der Waals surface area (Å²) in [6, 6.07) is 18.4. The molecule has 0 radical (unpaired) electrons. The molecule has 0 saturated heterocycles. The molecule has 180 valence electrons. The molecule has 0 spiro atoms. The summed E-state index contributed by atoms with van der Waals surface area (Å²) in [5, 5.41) is 14.8. The van der Waals surface area contributed by atoms with Gasteiger partial charge in [0.25, 0.3) is 15.7 Å². The van der Waals surface area contributed by atoms with Crippen molar-refractivity contribution < 1.29 is 18.1 Å². The monoisotopic (exact) mass is 491 g/mol. The third-order valence-electron chi connectivity index (χ3n) is 6.50. The summed E-state index contributed by atoms with van der Waals surface area (Å²) in [6.07, 6.45) is 4.99. The summed E-state index contributed by atoms with van der Waals surface area (Å²) in [7, 11) is -3.80. The van der Waals surface area contributed by atoms with Crippen LogP contribution in [0.4, 0.5) is 17.1 Å². The number of fused-ring (bicyclic) bond motifs is 3. The predicted octanol–water partition coefficient (Wildman–Crippen LogP) is 5.62. The van der Waals surface area contributed by atoms with Crippen LogP contribution in [0.15, 0.2) is 83.8 Å². The highest BCUT2D eigenvalue weighted by Gasteiger charge is 2.38. The number of hydrogen-bond acceptors (Lipinski definition) is 6. The Bertz CT molecular complexity index is 1400. The molecule has 0 aromatic heterocycles. The lowest BCUT2D eigenvalue weighted by Crippen LogP contribution is -2.29. The third kappa shape index (κ3) is 4.46. The van der Waals surface area contributed by atoms with E-state index >= 15 is 0 Å². The standard InChI is InChI=1S/C26H25N3O5S/c1-2-34-20-11-9-18(10-12-20)28-35(32,33)21-13-14-25-24(16-21)22-7-4-8-23(22)26(27-25)17-5-3-6-19(15-17)29(30)31/h3-7,9-16,22-23,26-28H,2,8H2,1H3/t22-,23+,26-/m1/s1. The topological polar surface area (TPSA) is 111 Å². The van der Waals surface area contributed by atoms with E-state index in [1.165, 1.54) is 6.07 Å². The number of nitro groups is 1. The van der Waals surface area contributed by atoms with E-state index in [0.717, 1.165) is 23.2 Å². The second kappa shape index (κ2) is 9.07. The van der Waals surface area contributed by atoms with Crippen molar-refractivity contribution in [1.29, 1.82) is 0 Å². The predicted molar refractivity (Wildman–Crippen MR) is 134 cm³/mol. The summed E-state index contributed by atoms with van der Waals surface area (Å²) in [6.45, 7) is 2.42. The Morgan fingerprint density at radius 2 is 1.91 bits per heavy atom. The summed E-state index contributed by atoms with van der Waals surface area (Å²) < 4.78 is 34.3. The van der Waals surface area contributed by atoms with Crippen LogP contribution in [-0.4, -0.2) is 19.9 Å². The number of nitro benzene ring substituents is 1. The van der Waals surface area contributed by atoms with Crippen LogP contribution >= 0.6 is 0 Å². The van der Waals surface area contributed by atoms with Crippen molar-refractivity contribution >= 4 is 27.1 Å². The third-order valence-corrected chi connectivity index (χ3v) is 7.88. The van der Waals surface area contributed by atoms with E-state index < -0.39 is 10.0 Å². The zero-order valence-corrected chi connectivity index (χ0v) is 19.9. The molecule has 0 unspecified atom stereocenters. The van der Waals surface area contributed by atoms with Crippen molar-refractivity contribution in [2.75, 3.05) is 16.6 Å². The maximum absolute atomic E-state index is 13.1. The first kappa shape index (κ1) is 22.9. The van der Waals surface area contributed by atoms with Crippen LogP contribution in [0.25, 0.3) is 0 Å². The highest BCUT2D eigenvalue weighted by Crippen LogP contribution is 2.50. The number of hydrogen-bond donors (Lipinski definition) is 2. The fourth-order valence-electron chi connectivity index (χ4n) is 4.90. The maximum atomic E-state index is 13.1. The van der Waals surface area contributed by atoms with Gasteiger partial charge >= 0.3 is 0 Å². The molecule has 8 nitrogen and oxygen atoms in total. The molecule has 2 aliphatic rings. The molecule has 0 amide bonds. The summed E-state index contributed by atoms with van der Waals surface area (Å²) in [5.41, 5.74) is 3.08. The van der Waals surface area contributed by atoms with Gasteiger partial charge in [0.15, 0.2) is 0 Å². The molecule has 35 heavy (non-hydrogen) atoms. The van der Waals surface area contributed by atoms with E-state index in [4.69, 9.17) is 4.74 Å². The Morgan fingerprint density at radius 1 is 1.11 bits per heavy atom. The average molecular weight is 492 g/mol. The van der Waals surface area contributed by atoms with Gasteiger partial charge in [0.05, 0.1) is 22.5 Å². The Labute approximate surface area is 203 Å². The number of nitrogens with one attached hydrogen (secondary N) is 2. The number of ether oxygens (including phenoxy) is 1. The van der Waals surface area contributed by atoms with Gasteiger partial charge in [-0.25, -0.2) is 8.42 Å². The van der Waals surface area contributed by atoms with Crippen molar-refractivity contribution in [2.45, 2.75) is 30.2 Å². The van der Waals surface area contributed by atoms with Crippen molar-refractivity contribution in [2.24, 2.45) is 5.92 Å². The van der Waals surface area contributed by atoms with Crippen molar-refractivity contribution in [3.05, 3.63) is 100 Å². The van der Waals surface area contributed by atoms with Crippen LogP contribution in [0.2, 0.25) is 0 Å². The molecule has 1 aliphatic carbocycles. The van der Waals surface area contributed by atoms with Crippen molar-refractivity contribution in [3.63, 3.8) is 0 Å². The Balaban J connectivity index is 1.44. The van der Waals surface area contributed by atoms with Gasteiger partial charge in [-0.1, -0.05) is 24.3 Å². The van der Waals surface area contributed by atoms with Crippen LogP contribution in [0.1, 0.15) is 36.4 Å². The first-order valence-corrected chi connectivity index (χ1v) is 12.9. The molecule has 2 N–H and O–H groups in total. The van der Waals surface area contributed by atoms with Gasteiger partial charge in [-0.3, -0.25) is 14.8 Å². The second-order valence-corrected chi connectivity index (χ2v) is 10.3. The smallest absolute Gasteiger partial charge is 0.269 e. The Kier molecular flexibility index (Phi) is 5.94. The zero-order chi connectivity index (χ0) is 24.6. The van der Waals surface area contributed by atoms with E-state index in [-0.39, 0.29) is 33.4 Å². The van der Waals surface area contributed by atoms with E-state index in [2.05, 4.69) is 22.2 Å². The Morgan fingerprint density at radius 3 is 2.66 bits per heavy atom. The van der Waals surface area contributed by atoms with E-state index in [0.29, 0.717) is 18.0 Å². The first-order chi connectivity index (χ1) is 16.9. The molecule has 3 atom stereocenters. The molecule has 1 heterocycles. The van der Waals surface area contributed by atoms with Crippen molar-refractivity contribution in [3.8, 4) is 5.75 Å². The lowest BCUT2D eigenvalue weighted by atomic mass is 9.77. The fraction of sp³-hybridized carbons (Fsp3) is 0.231. The lowest BCUT2D eigenvalue weighted by molar-refractivity contribution is -0.384. The molecular weight excluding hydrogens is 466 g/mol. The van der Waals surface area contributed by atoms with Gasteiger partial charge in [-0.15, -0.1) is 0 Å². The number of sulfonamides is 1. The van der Waals surface area contributed by atoms with E-state index in [1.807, 2.05) is 13.0 Å². The minimum Gasteiger partial charge on any atom is -0.494 e. The van der Waals surface area contributed by atoms with Crippen LogP contribution in [0, 0.1) is 16.0 Å². The first-order valence-electron chi connectivity index (χ1n) is 11.4. The van der Waals surface area contributed by atoms with Crippen molar-refractivity contribution in [1.82, 2.24) is 0 Å². The molecule has 0 bridgehead atoms. The zero-order valence-electron chi connectivity index (χ0n) is 19.0.